The first-order valence-corrected chi connectivity index (χ1v) is 5.72. The van der Waals surface area contributed by atoms with E-state index >= 15 is 0 Å². The summed E-state index contributed by atoms with van der Waals surface area (Å²) in [5, 5.41) is 23.0. The molecular formula is C10H13NO3S. The second-order valence-corrected chi connectivity index (χ2v) is 4.79. The molecule has 2 rings (SSSR count). The van der Waals surface area contributed by atoms with E-state index in [0.717, 1.165) is 5.56 Å². The highest BCUT2D eigenvalue weighted by Gasteiger charge is 2.44. The van der Waals surface area contributed by atoms with Crippen LogP contribution in [0.3, 0.4) is 0 Å². The Labute approximate surface area is 91.8 Å². The smallest absolute Gasteiger partial charge is 0.407 e. The van der Waals surface area contributed by atoms with Gasteiger partial charge >= 0.3 is 6.09 Å². The average molecular weight is 227 g/mol. The maximum atomic E-state index is 10.9. The minimum atomic E-state index is -1.00. The number of likely N-dealkylation sites (tertiary alicyclic amines) is 1. The Bertz CT molecular complexity index is 365. The van der Waals surface area contributed by atoms with Crippen LogP contribution in [0.1, 0.15) is 18.9 Å². The van der Waals surface area contributed by atoms with Crippen molar-refractivity contribution in [1.82, 2.24) is 4.90 Å². The van der Waals surface area contributed by atoms with E-state index < -0.39 is 11.7 Å². The highest BCUT2D eigenvalue weighted by Crippen LogP contribution is 2.36. The number of thiophene rings is 1. The van der Waals surface area contributed by atoms with Gasteiger partial charge in [-0.05, 0) is 29.3 Å². The standard InChI is InChI=1S/C10H13NO3S/c1-7-4-10(14,6-11(7)9(12)13)8-2-3-15-5-8/h2-3,5,7,14H,4,6H2,1H3,(H,12,13)/t7-,10?/m1/s1. The fourth-order valence-electron chi connectivity index (χ4n) is 2.10. The molecule has 0 aliphatic carbocycles. The van der Waals surface area contributed by atoms with Gasteiger partial charge in [0.2, 0.25) is 0 Å². The van der Waals surface area contributed by atoms with Crippen LogP contribution in [0, 0.1) is 0 Å². The second kappa shape index (κ2) is 3.50. The van der Waals surface area contributed by atoms with E-state index in [9.17, 15) is 9.90 Å². The molecule has 1 saturated heterocycles. The molecule has 1 aromatic rings. The van der Waals surface area contributed by atoms with E-state index in [4.69, 9.17) is 5.11 Å². The summed E-state index contributed by atoms with van der Waals surface area (Å²) in [6.45, 7) is 1.98. The van der Waals surface area contributed by atoms with Crippen LogP contribution < -0.4 is 0 Å². The van der Waals surface area contributed by atoms with Crippen LogP contribution in [0.2, 0.25) is 0 Å². The molecule has 1 fully saturated rings. The Balaban J connectivity index is 2.24. The molecule has 0 spiro atoms. The van der Waals surface area contributed by atoms with Crippen molar-refractivity contribution >= 4 is 17.4 Å². The maximum absolute atomic E-state index is 10.9. The molecule has 0 saturated carbocycles. The molecule has 1 unspecified atom stereocenters. The third-order valence-corrected chi connectivity index (χ3v) is 3.58. The van der Waals surface area contributed by atoms with Crippen molar-refractivity contribution < 1.29 is 15.0 Å². The van der Waals surface area contributed by atoms with Gasteiger partial charge in [-0.3, -0.25) is 0 Å². The predicted octanol–water partition coefficient (Wildman–Crippen LogP) is 1.71. The van der Waals surface area contributed by atoms with Crippen LogP contribution >= 0.6 is 11.3 Å². The molecule has 4 nitrogen and oxygen atoms in total. The van der Waals surface area contributed by atoms with E-state index in [0.29, 0.717) is 6.42 Å². The van der Waals surface area contributed by atoms with Gasteiger partial charge in [0.1, 0.15) is 5.60 Å². The average Bonchev–Trinajstić information content (AvgIpc) is 2.73. The Kier molecular flexibility index (Phi) is 2.44. The number of amides is 1. The highest BCUT2D eigenvalue weighted by atomic mass is 32.1. The molecule has 2 heterocycles. The van der Waals surface area contributed by atoms with Crippen LogP contribution in [0.25, 0.3) is 0 Å². The summed E-state index contributed by atoms with van der Waals surface area (Å²) in [6.07, 6.45) is -0.496. The number of hydrogen-bond donors (Lipinski definition) is 2. The number of aliphatic hydroxyl groups is 1. The molecule has 0 bridgehead atoms. The number of β-amino-alcohol motifs (C(OH)–C–C–N with tert-alkyl or cyclic N) is 1. The van der Waals surface area contributed by atoms with E-state index in [2.05, 4.69) is 0 Å². The third kappa shape index (κ3) is 1.72. The van der Waals surface area contributed by atoms with Gasteiger partial charge < -0.3 is 15.1 Å². The van der Waals surface area contributed by atoms with Gasteiger partial charge in [-0.15, -0.1) is 0 Å². The fourth-order valence-corrected chi connectivity index (χ4v) is 2.84. The van der Waals surface area contributed by atoms with E-state index in [1.807, 2.05) is 23.8 Å². The monoisotopic (exact) mass is 227 g/mol. The van der Waals surface area contributed by atoms with Crippen LogP contribution in [-0.4, -0.2) is 33.8 Å². The third-order valence-electron chi connectivity index (χ3n) is 2.90. The lowest BCUT2D eigenvalue weighted by Gasteiger charge is -2.21. The number of carboxylic acid groups (broad SMARTS) is 1. The second-order valence-electron chi connectivity index (χ2n) is 4.01. The predicted molar refractivity (Wildman–Crippen MR) is 57.0 cm³/mol. The van der Waals surface area contributed by atoms with E-state index in [1.165, 1.54) is 16.2 Å². The molecule has 1 amide bonds. The summed E-state index contributed by atoms with van der Waals surface area (Å²) < 4.78 is 0. The van der Waals surface area contributed by atoms with Crippen LogP contribution in [0.15, 0.2) is 16.8 Å². The minimum absolute atomic E-state index is 0.132. The summed E-state index contributed by atoms with van der Waals surface area (Å²) in [5.74, 6) is 0. The summed E-state index contributed by atoms with van der Waals surface area (Å²) in [7, 11) is 0. The number of rotatable bonds is 1. The largest absolute Gasteiger partial charge is 0.465 e. The lowest BCUT2D eigenvalue weighted by molar-refractivity contribution is 0.0462. The molecule has 0 aromatic carbocycles. The zero-order valence-electron chi connectivity index (χ0n) is 8.38. The normalized spacial score (nSPS) is 30.8. The Morgan fingerprint density at radius 3 is 2.93 bits per heavy atom. The van der Waals surface area contributed by atoms with Crippen LogP contribution in [0.4, 0.5) is 4.79 Å². The van der Waals surface area contributed by atoms with Gasteiger partial charge in [-0.25, -0.2) is 4.79 Å². The van der Waals surface area contributed by atoms with Crippen molar-refractivity contribution in [1.29, 1.82) is 0 Å². The van der Waals surface area contributed by atoms with Gasteiger partial charge in [0.25, 0.3) is 0 Å². The number of hydrogen-bond acceptors (Lipinski definition) is 3. The minimum Gasteiger partial charge on any atom is -0.465 e. The van der Waals surface area contributed by atoms with Crippen LogP contribution in [-0.2, 0) is 5.60 Å². The van der Waals surface area contributed by atoms with Crippen molar-refractivity contribution in [2.75, 3.05) is 6.54 Å². The summed E-state index contributed by atoms with van der Waals surface area (Å²) in [6, 6.07) is 1.72. The molecule has 5 heteroatoms. The zero-order chi connectivity index (χ0) is 11.1. The first-order chi connectivity index (χ1) is 7.03. The number of carbonyl (C=O) groups is 1. The van der Waals surface area contributed by atoms with Gasteiger partial charge in [0.05, 0.1) is 6.54 Å². The molecule has 2 atom stereocenters. The number of nitrogens with zero attached hydrogens (tertiary/aromatic N) is 1. The topological polar surface area (TPSA) is 60.8 Å². The molecule has 1 aliphatic heterocycles. The first-order valence-electron chi connectivity index (χ1n) is 4.77. The van der Waals surface area contributed by atoms with Gasteiger partial charge in [-0.2, -0.15) is 11.3 Å². The summed E-state index contributed by atoms with van der Waals surface area (Å²) >= 11 is 1.51. The highest BCUT2D eigenvalue weighted by molar-refractivity contribution is 7.08. The Hall–Kier alpha value is -1.07. The Morgan fingerprint density at radius 2 is 2.47 bits per heavy atom. The molecular weight excluding hydrogens is 214 g/mol. The first kappa shape index (κ1) is 10.4. The van der Waals surface area contributed by atoms with E-state index in [-0.39, 0.29) is 12.6 Å². The van der Waals surface area contributed by atoms with Crippen molar-refractivity contribution in [3.8, 4) is 0 Å². The molecule has 1 aromatic heterocycles. The Morgan fingerprint density at radius 1 is 1.73 bits per heavy atom. The van der Waals surface area contributed by atoms with Gasteiger partial charge in [0, 0.05) is 12.5 Å². The van der Waals surface area contributed by atoms with Crippen molar-refractivity contribution in [3.05, 3.63) is 22.4 Å². The lowest BCUT2D eigenvalue weighted by Crippen LogP contribution is -2.35. The fraction of sp³-hybridized carbons (Fsp3) is 0.500. The SMILES string of the molecule is C[C@@H]1CC(O)(c2ccsc2)CN1C(=O)O. The summed E-state index contributed by atoms with van der Waals surface area (Å²) in [5.41, 5.74) is -0.180. The van der Waals surface area contributed by atoms with Crippen molar-refractivity contribution in [3.63, 3.8) is 0 Å². The zero-order valence-corrected chi connectivity index (χ0v) is 9.20. The van der Waals surface area contributed by atoms with Crippen molar-refractivity contribution in [2.45, 2.75) is 25.0 Å². The molecule has 2 N–H and O–H groups in total. The summed E-state index contributed by atoms with van der Waals surface area (Å²) in [4.78, 5) is 12.2. The molecule has 1 aliphatic rings. The van der Waals surface area contributed by atoms with Gasteiger partial charge in [-0.1, -0.05) is 0 Å². The maximum Gasteiger partial charge on any atom is 0.407 e. The van der Waals surface area contributed by atoms with Gasteiger partial charge in [0.15, 0.2) is 0 Å². The van der Waals surface area contributed by atoms with Crippen LogP contribution in [0.5, 0.6) is 0 Å². The molecule has 82 valence electrons. The van der Waals surface area contributed by atoms with Crippen molar-refractivity contribution in [2.24, 2.45) is 0 Å². The lowest BCUT2D eigenvalue weighted by atomic mass is 9.94. The molecule has 0 radical (unpaired) electrons. The van der Waals surface area contributed by atoms with E-state index in [1.54, 1.807) is 0 Å². The molecule has 15 heavy (non-hydrogen) atoms. The quantitative estimate of drug-likeness (QED) is 0.767.